The van der Waals surface area contributed by atoms with Crippen LogP contribution in [0, 0.1) is 0 Å². The number of nitrogen functional groups attached to an aromatic ring is 1. The van der Waals surface area contributed by atoms with Crippen molar-refractivity contribution in [3.05, 3.63) is 23.8 Å². The summed E-state index contributed by atoms with van der Waals surface area (Å²) in [5.41, 5.74) is 6.44. The van der Waals surface area contributed by atoms with E-state index >= 15 is 0 Å². The Balaban J connectivity index is 2.59. The van der Waals surface area contributed by atoms with Crippen molar-refractivity contribution in [2.75, 3.05) is 26.4 Å². The van der Waals surface area contributed by atoms with Crippen LogP contribution in [0.1, 0.15) is 16.8 Å². The van der Waals surface area contributed by atoms with E-state index in [0.29, 0.717) is 17.0 Å². The van der Waals surface area contributed by atoms with Crippen LogP contribution in [0.5, 0.6) is 5.75 Å². The number of methoxy groups -OCH3 is 1. The molecule has 1 aromatic carbocycles. The number of carbonyl (C=O) groups excluding carboxylic acids is 2. The zero-order chi connectivity index (χ0) is 13.5. The van der Waals surface area contributed by atoms with Crippen LogP contribution in [-0.4, -0.2) is 32.5 Å². The number of anilines is 1. The second kappa shape index (κ2) is 6.48. The summed E-state index contributed by atoms with van der Waals surface area (Å²) in [6, 6.07) is 4.82. The first-order valence-electron chi connectivity index (χ1n) is 5.50. The Kier molecular flexibility index (Phi) is 4.98. The van der Waals surface area contributed by atoms with E-state index in [0.717, 1.165) is 0 Å². The maximum atomic E-state index is 11.8. The first-order chi connectivity index (χ1) is 8.58. The third-order valence-corrected chi connectivity index (χ3v) is 2.42. The first kappa shape index (κ1) is 13.8. The van der Waals surface area contributed by atoms with Crippen molar-refractivity contribution >= 4 is 17.5 Å². The molecule has 0 fully saturated rings. The fourth-order valence-electron chi connectivity index (χ4n) is 1.38. The number of amides is 2. The molecule has 0 atom stereocenters. The van der Waals surface area contributed by atoms with Crippen molar-refractivity contribution < 1.29 is 14.3 Å². The lowest BCUT2D eigenvalue weighted by Crippen LogP contribution is -2.29. The molecule has 98 valence electrons. The number of nitrogens with two attached hydrogens (primary N) is 1. The number of carbonyl (C=O) groups is 2. The molecule has 0 aromatic heterocycles. The number of hydrogen-bond donors (Lipinski definition) is 3. The van der Waals surface area contributed by atoms with Crippen LogP contribution in [0.3, 0.4) is 0 Å². The van der Waals surface area contributed by atoms with E-state index in [1.165, 1.54) is 7.11 Å². The number of rotatable bonds is 5. The molecule has 0 bridgehead atoms. The van der Waals surface area contributed by atoms with E-state index in [2.05, 4.69) is 10.6 Å². The van der Waals surface area contributed by atoms with Crippen molar-refractivity contribution in [1.82, 2.24) is 10.6 Å². The van der Waals surface area contributed by atoms with Crippen molar-refractivity contribution in [2.24, 2.45) is 0 Å². The van der Waals surface area contributed by atoms with Gasteiger partial charge < -0.3 is 21.1 Å². The minimum absolute atomic E-state index is 0.127. The highest BCUT2D eigenvalue weighted by atomic mass is 16.5. The molecule has 6 nitrogen and oxygen atoms in total. The monoisotopic (exact) mass is 251 g/mol. The van der Waals surface area contributed by atoms with Gasteiger partial charge in [-0.25, -0.2) is 0 Å². The molecule has 0 aliphatic carbocycles. The maximum Gasteiger partial charge on any atom is 0.253 e. The molecule has 18 heavy (non-hydrogen) atoms. The van der Waals surface area contributed by atoms with Gasteiger partial charge in [0.25, 0.3) is 5.91 Å². The number of nitrogens with one attached hydrogen (secondary N) is 2. The fraction of sp³-hybridized carbons (Fsp3) is 0.333. The van der Waals surface area contributed by atoms with E-state index in [-0.39, 0.29) is 24.8 Å². The van der Waals surface area contributed by atoms with Gasteiger partial charge in [-0.1, -0.05) is 0 Å². The van der Waals surface area contributed by atoms with Gasteiger partial charge in [0.1, 0.15) is 5.75 Å². The predicted molar refractivity (Wildman–Crippen MR) is 68.4 cm³/mol. The number of hydrogen-bond acceptors (Lipinski definition) is 4. The van der Waals surface area contributed by atoms with E-state index in [1.54, 1.807) is 25.2 Å². The third kappa shape index (κ3) is 3.65. The van der Waals surface area contributed by atoms with Crippen LogP contribution in [0.25, 0.3) is 0 Å². The Morgan fingerprint density at radius 3 is 2.67 bits per heavy atom. The Morgan fingerprint density at radius 2 is 2.11 bits per heavy atom. The highest BCUT2D eigenvalue weighted by molar-refractivity contribution is 5.99. The van der Waals surface area contributed by atoms with Gasteiger partial charge in [0.05, 0.1) is 12.7 Å². The highest BCUT2D eigenvalue weighted by Gasteiger charge is 2.10. The fourth-order valence-corrected chi connectivity index (χ4v) is 1.38. The lowest BCUT2D eigenvalue weighted by molar-refractivity contribution is -0.120. The highest BCUT2D eigenvalue weighted by Crippen LogP contribution is 2.19. The molecular weight excluding hydrogens is 234 g/mol. The Labute approximate surface area is 105 Å². The second-order valence-corrected chi connectivity index (χ2v) is 3.63. The van der Waals surface area contributed by atoms with Crippen LogP contribution in [0.2, 0.25) is 0 Å². The summed E-state index contributed by atoms with van der Waals surface area (Å²) in [4.78, 5) is 22.7. The van der Waals surface area contributed by atoms with E-state index in [4.69, 9.17) is 10.5 Å². The molecule has 0 heterocycles. The van der Waals surface area contributed by atoms with Gasteiger partial charge in [-0.2, -0.15) is 0 Å². The molecule has 1 rings (SSSR count). The summed E-state index contributed by atoms with van der Waals surface area (Å²) in [5.74, 6) is 0.159. The van der Waals surface area contributed by atoms with E-state index in [1.807, 2.05) is 0 Å². The lowest BCUT2D eigenvalue weighted by atomic mass is 10.1. The molecule has 0 aliphatic heterocycles. The number of ether oxygens (including phenoxy) is 1. The maximum absolute atomic E-state index is 11.8. The smallest absolute Gasteiger partial charge is 0.253 e. The summed E-state index contributed by atoms with van der Waals surface area (Å²) in [6.07, 6.45) is 0.234. The Hall–Kier alpha value is -2.24. The standard InChI is InChI=1S/C12H17N3O3/c1-14-11(16)5-6-15-12(17)9-4-3-8(18-2)7-10(9)13/h3-4,7H,5-6,13H2,1-2H3,(H,14,16)(H,15,17). The Morgan fingerprint density at radius 1 is 1.39 bits per heavy atom. The van der Waals surface area contributed by atoms with Crippen LogP contribution in [0.4, 0.5) is 5.69 Å². The topological polar surface area (TPSA) is 93.5 Å². The molecule has 2 amide bonds. The molecule has 6 heteroatoms. The van der Waals surface area contributed by atoms with Crippen LogP contribution in [0.15, 0.2) is 18.2 Å². The summed E-state index contributed by atoms with van der Waals surface area (Å²) in [5, 5.41) is 5.10. The van der Waals surface area contributed by atoms with Gasteiger partial charge in [-0.05, 0) is 12.1 Å². The molecule has 0 spiro atoms. The van der Waals surface area contributed by atoms with Gasteiger partial charge >= 0.3 is 0 Å². The van der Waals surface area contributed by atoms with Crippen LogP contribution >= 0.6 is 0 Å². The normalized spacial score (nSPS) is 9.67. The van der Waals surface area contributed by atoms with Crippen molar-refractivity contribution in [2.45, 2.75) is 6.42 Å². The molecule has 0 radical (unpaired) electrons. The molecule has 0 saturated carbocycles. The summed E-state index contributed by atoms with van der Waals surface area (Å²) < 4.78 is 4.99. The van der Waals surface area contributed by atoms with Crippen molar-refractivity contribution in [3.63, 3.8) is 0 Å². The minimum Gasteiger partial charge on any atom is -0.497 e. The van der Waals surface area contributed by atoms with Gasteiger partial charge in [0.2, 0.25) is 5.91 Å². The van der Waals surface area contributed by atoms with Gasteiger partial charge in [-0.3, -0.25) is 9.59 Å². The van der Waals surface area contributed by atoms with Crippen LogP contribution < -0.4 is 21.1 Å². The van der Waals surface area contributed by atoms with Gasteiger partial charge in [-0.15, -0.1) is 0 Å². The second-order valence-electron chi connectivity index (χ2n) is 3.63. The lowest BCUT2D eigenvalue weighted by Gasteiger charge is -2.08. The predicted octanol–water partition coefficient (Wildman–Crippen LogP) is 0.143. The molecule has 4 N–H and O–H groups in total. The number of benzene rings is 1. The van der Waals surface area contributed by atoms with Crippen molar-refractivity contribution in [1.29, 1.82) is 0 Å². The van der Waals surface area contributed by atoms with Gasteiger partial charge in [0.15, 0.2) is 0 Å². The summed E-state index contributed by atoms with van der Waals surface area (Å²) >= 11 is 0. The SMILES string of the molecule is CNC(=O)CCNC(=O)c1ccc(OC)cc1N. The average Bonchev–Trinajstić information content (AvgIpc) is 2.37. The third-order valence-electron chi connectivity index (χ3n) is 2.42. The molecule has 1 aromatic rings. The first-order valence-corrected chi connectivity index (χ1v) is 5.50. The van der Waals surface area contributed by atoms with E-state index < -0.39 is 0 Å². The molecule has 0 unspecified atom stereocenters. The minimum atomic E-state index is -0.306. The zero-order valence-corrected chi connectivity index (χ0v) is 10.4. The molecule has 0 saturated heterocycles. The molecule has 0 aliphatic rings. The van der Waals surface area contributed by atoms with Gasteiger partial charge in [0, 0.05) is 31.8 Å². The van der Waals surface area contributed by atoms with E-state index in [9.17, 15) is 9.59 Å². The Bertz CT molecular complexity index is 446. The molecular formula is C12H17N3O3. The summed E-state index contributed by atoms with van der Waals surface area (Å²) in [6.45, 7) is 0.268. The average molecular weight is 251 g/mol. The summed E-state index contributed by atoms with van der Waals surface area (Å²) in [7, 11) is 3.07. The largest absolute Gasteiger partial charge is 0.497 e. The zero-order valence-electron chi connectivity index (χ0n) is 10.4. The van der Waals surface area contributed by atoms with Crippen LogP contribution in [-0.2, 0) is 4.79 Å². The van der Waals surface area contributed by atoms with Crippen molar-refractivity contribution in [3.8, 4) is 5.75 Å². The quantitative estimate of drug-likeness (QED) is 0.649.